The van der Waals surface area contributed by atoms with Crippen molar-refractivity contribution in [2.75, 3.05) is 19.7 Å². The Labute approximate surface area is 136 Å². The molecule has 0 aliphatic carbocycles. The lowest BCUT2D eigenvalue weighted by Crippen LogP contribution is -2.50. The molecule has 0 aromatic heterocycles. The highest BCUT2D eigenvalue weighted by atomic mass is 79.9. The van der Waals surface area contributed by atoms with Crippen molar-refractivity contribution in [1.29, 1.82) is 0 Å². The molecule has 1 aliphatic rings. The number of carboxylic acids is 1. The molecule has 0 spiro atoms. The quantitative estimate of drug-likeness (QED) is 0.877. The fourth-order valence-corrected chi connectivity index (χ4v) is 2.84. The van der Waals surface area contributed by atoms with Crippen LogP contribution in [-0.2, 0) is 20.7 Å². The van der Waals surface area contributed by atoms with Gasteiger partial charge < -0.3 is 14.7 Å². The number of aliphatic carboxylic acids is 1. The molecular formula is C15H17BrFNO4. The molecule has 0 radical (unpaired) electrons. The Morgan fingerprint density at radius 3 is 2.91 bits per heavy atom. The minimum Gasteiger partial charge on any atom is -0.479 e. The second kappa shape index (κ2) is 7.19. The lowest BCUT2D eigenvalue weighted by Gasteiger charge is -2.32. The van der Waals surface area contributed by atoms with E-state index >= 15 is 0 Å². The summed E-state index contributed by atoms with van der Waals surface area (Å²) in [5.41, 5.74) is 0.845. The first-order valence-corrected chi connectivity index (χ1v) is 7.75. The number of carboxylic acid groups (broad SMARTS) is 1. The van der Waals surface area contributed by atoms with Crippen LogP contribution in [0, 0.1) is 11.7 Å². The second-order valence-electron chi connectivity index (χ2n) is 5.34. The maximum atomic E-state index is 13.2. The predicted molar refractivity (Wildman–Crippen MR) is 80.9 cm³/mol. The van der Waals surface area contributed by atoms with Crippen LogP contribution in [0.15, 0.2) is 22.7 Å². The number of hydrogen-bond acceptors (Lipinski definition) is 3. The third-order valence-electron chi connectivity index (χ3n) is 3.60. The monoisotopic (exact) mass is 373 g/mol. The topological polar surface area (TPSA) is 66.8 Å². The highest BCUT2D eigenvalue weighted by molar-refractivity contribution is 9.10. The third kappa shape index (κ3) is 4.04. The molecule has 1 saturated heterocycles. The number of rotatable bonds is 4. The van der Waals surface area contributed by atoms with Gasteiger partial charge in [0.25, 0.3) is 0 Å². The van der Waals surface area contributed by atoms with Gasteiger partial charge in [-0.05, 0) is 40.0 Å². The third-order valence-corrected chi connectivity index (χ3v) is 4.21. The molecule has 0 unspecified atom stereocenters. The van der Waals surface area contributed by atoms with Crippen LogP contribution in [0.4, 0.5) is 4.39 Å². The Kier molecular flexibility index (Phi) is 5.52. The molecule has 5 nitrogen and oxygen atoms in total. The largest absolute Gasteiger partial charge is 0.479 e. The van der Waals surface area contributed by atoms with Crippen molar-refractivity contribution in [3.63, 3.8) is 0 Å². The zero-order valence-electron chi connectivity index (χ0n) is 12.1. The standard InChI is InChI=1S/C15H17BrFNO4/c1-9(6-10-2-3-12(17)11(16)7-10)14(19)18-4-5-22-13(8-18)15(20)21/h2-3,7,9,13H,4-6,8H2,1H3,(H,20,21)/t9-,13-/m1/s1. The minimum absolute atomic E-state index is 0.0611. The summed E-state index contributed by atoms with van der Waals surface area (Å²) in [4.78, 5) is 24.9. The minimum atomic E-state index is -1.06. The van der Waals surface area contributed by atoms with E-state index in [1.807, 2.05) is 0 Å². The maximum absolute atomic E-state index is 13.2. The van der Waals surface area contributed by atoms with Crippen LogP contribution in [-0.4, -0.2) is 47.7 Å². The number of amides is 1. The molecule has 2 rings (SSSR count). The summed E-state index contributed by atoms with van der Waals surface area (Å²) in [6.07, 6.45) is -0.503. The van der Waals surface area contributed by atoms with Gasteiger partial charge in [-0.15, -0.1) is 0 Å². The molecule has 1 aromatic carbocycles. The maximum Gasteiger partial charge on any atom is 0.334 e. The predicted octanol–water partition coefficient (Wildman–Crippen LogP) is 2.08. The summed E-state index contributed by atoms with van der Waals surface area (Å²) in [6.45, 7) is 2.45. The smallest absolute Gasteiger partial charge is 0.334 e. The zero-order chi connectivity index (χ0) is 16.3. The number of nitrogens with zero attached hydrogens (tertiary/aromatic N) is 1. The van der Waals surface area contributed by atoms with Gasteiger partial charge in [0.2, 0.25) is 5.91 Å². The van der Waals surface area contributed by atoms with Gasteiger partial charge in [0.15, 0.2) is 6.10 Å². The number of morpholine rings is 1. The molecule has 22 heavy (non-hydrogen) atoms. The van der Waals surface area contributed by atoms with E-state index in [-0.39, 0.29) is 30.8 Å². The molecular weight excluding hydrogens is 357 g/mol. The van der Waals surface area contributed by atoms with Gasteiger partial charge in [0, 0.05) is 12.5 Å². The SMILES string of the molecule is C[C@H](Cc1ccc(F)c(Br)c1)C(=O)N1CCO[C@@H](C(=O)O)C1. The number of carbonyl (C=O) groups is 2. The fourth-order valence-electron chi connectivity index (χ4n) is 2.42. The van der Waals surface area contributed by atoms with E-state index in [1.54, 1.807) is 19.1 Å². The molecule has 0 bridgehead atoms. The summed E-state index contributed by atoms with van der Waals surface area (Å²) in [5, 5.41) is 8.96. The summed E-state index contributed by atoms with van der Waals surface area (Å²) in [7, 11) is 0. The molecule has 1 amide bonds. The number of hydrogen-bond donors (Lipinski definition) is 1. The van der Waals surface area contributed by atoms with Crippen molar-refractivity contribution < 1.29 is 23.8 Å². The number of halogens is 2. The molecule has 1 fully saturated rings. The van der Waals surface area contributed by atoms with Gasteiger partial charge in [-0.3, -0.25) is 4.79 Å². The number of carbonyl (C=O) groups excluding carboxylic acids is 1. The van der Waals surface area contributed by atoms with E-state index in [4.69, 9.17) is 9.84 Å². The van der Waals surface area contributed by atoms with Gasteiger partial charge in [-0.25, -0.2) is 9.18 Å². The van der Waals surface area contributed by atoms with Crippen LogP contribution < -0.4 is 0 Å². The van der Waals surface area contributed by atoms with E-state index in [0.29, 0.717) is 17.4 Å². The van der Waals surface area contributed by atoms with Crippen molar-refractivity contribution in [3.05, 3.63) is 34.1 Å². The highest BCUT2D eigenvalue weighted by Crippen LogP contribution is 2.20. The first kappa shape index (κ1) is 16.9. The summed E-state index contributed by atoms with van der Waals surface area (Å²) >= 11 is 3.12. The molecule has 7 heteroatoms. The van der Waals surface area contributed by atoms with Crippen LogP contribution in [0.25, 0.3) is 0 Å². The van der Waals surface area contributed by atoms with Gasteiger partial charge in [-0.1, -0.05) is 13.0 Å². The molecule has 1 aliphatic heterocycles. The van der Waals surface area contributed by atoms with Crippen molar-refractivity contribution in [1.82, 2.24) is 4.90 Å². The van der Waals surface area contributed by atoms with Gasteiger partial charge in [0.05, 0.1) is 17.6 Å². The van der Waals surface area contributed by atoms with Crippen molar-refractivity contribution in [2.24, 2.45) is 5.92 Å². The number of benzene rings is 1. The zero-order valence-corrected chi connectivity index (χ0v) is 13.7. The van der Waals surface area contributed by atoms with Crippen LogP contribution in [0.2, 0.25) is 0 Å². The van der Waals surface area contributed by atoms with Gasteiger partial charge in [-0.2, -0.15) is 0 Å². The Balaban J connectivity index is 1.99. The van der Waals surface area contributed by atoms with Gasteiger partial charge in [0.1, 0.15) is 5.82 Å². The Morgan fingerprint density at radius 2 is 2.27 bits per heavy atom. The first-order valence-electron chi connectivity index (χ1n) is 6.95. The summed E-state index contributed by atoms with van der Waals surface area (Å²) in [5.74, 6) is -1.84. The summed E-state index contributed by atoms with van der Waals surface area (Å²) in [6, 6.07) is 4.65. The Bertz CT molecular complexity index is 581. The average molecular weight is 374 g/mol. The molecule has 2 atom stereocenters. The van der Waals surface area contributed by atoms with E-state index in [1.165, 1.54) is 11.0 Å². The van der Waals surface area contributed by atoms with E-state index < -0.39 is 12.1 Å². The van der Waals surface area contributed by atoms with Crippen molar-refractivity contribution in [3.8, 4) is 0 Å². The Hall–Kier alpha value is -1.47. The van der Waals surface area contributed by atoms with Crippen LogP contribution in [0.5, 0.6) is 0 Å². The van der Waals surface area contributed by atoms with E-state index in [2.05, 4.69) is 15.9 Å². The normalized spacial score (nSPS) is 19.8. The molecule has 1 heterocycles. The average Bonchev–Trinajstić information content (AvgIpc) is 2.50. The summed E-state index contributed by atoms with van der Waals surface area (Å²) < 4.78 is 18.7. The second-order valence-corrected chi connectivity index (χ2v) is 6.19. The Morgan fingerprint density at radius 1 is 1.55 bits per heavy atom. The van der Waals surface area contributed by atoms with E-state index in [0.717, 1.165) is 5.56 Å². The van der Waals surface area contributed by atoms with Gasteiger partial charge >= 0.3 is 5.97 Å². The van der Waals surface area contributed by atoms with Crippen molar-refractivity contribution >= 4 is 27.8 Å². The van der Waals surface area contributed by atoms with E-state index in [9.17, 15) is 14.0 Å². The van der Waals surface area contributed by atoms with Crippen LogP contribution in [0.3, 0.4) is 0 Å². The lowest BCUT2D eigenvalue weighted by atomic mass is 9.99. The fraction of sp³-hybridized carbons (Fsp3) is 0.467. The first-order chi connectivity index (χ1) is 10.4. The lowest BCUT2D eigenvalue weighted by molar-refractivity contribution is -0.160. The molecule has 0 saturated carbocycles. The molecule has 120 valence electrons. The van der Waals surface area contributed by atoms with Crippen LogP contribution >= 0.6 is 15.9 Å². The molecule has 1 aromatic rings. The number of ether oxygens (including phenoxy) is 1. The van der Waals surface area contributed by atoms with Crippen LogP contribution in [0.1, 0.15) is 12.5 Å². The highest BCUT2D eigenvalue weighted by Gasteiger charge is 2.30. The van der Waals surface area contributed by atoms with Crippen molar-refractivity contribution in [2.45, 2.75) is 19.4 Å². The molecule has 1 N–H and O–H groups in total.